The first-order chi connectivity index (χ1) is 13.9. The molecule has 2 saturated heterocycles. The fourth-order valence-electron chi connectivity index (χ4n) is 4.80. The number of aromatic nitrogens is 2. The zero-order valence-corrected chi connectivity index (χ0v) is 22.0. The molecule has 30 heavy (non-hydrogen) atoms. The topological polar surface area (TPSA) is 60.7 Å². The van der Waals surface area contributed by atoms with E-state index in [0.29, 0.717) is 6.54 Å². The summed E-state index contributed by atoms with van der Waals surface area (Å²) in [5.41, 5.74) is 3.75. The third kappa shape index (κ3) is 6.09. The molecule has 2 aliphatic heterocycles. The molecule has 0 saturated carbocycles. The molecule has 3 rings (SSSR count). The first-order valence-corrected chi connectivity index (χ1v) is 11.4. The van der Waals surface area contributed by atoms with Gasteiger partial charge in [-0.1, -0.05) is 6.42 Å². The first-order valence-electron chi connectivity index (χ1n) is 11.4. The van der Waals surface area contributed by atoms with Gasteiger partial charge in [0.15, 0.2) is 5.96 Å². The fourth-order valence-corrected chi connectivity index (χ4v) is 4.80. The van der Waals surface area contributed by atoms with Crippen LogP contribution in [0.2, 0.25) is 0 Å². The van der Waals surface area contributed by atoms with Gasteiger partial charge in [-0.15, -0.1) is 24.0 Å². The molecule has 0 radical (unpaired) electrons. The number of guanidine groups is 1. The maximum absolute atomic E-state index is 4.91. The molecule has 0 spiro atoms. The lowest BCUT2D eigenvalue weighted by Gasteiger charge is -2.50. The van der Waals surface area contributed by atoms with Crippen molar-refractivity contribution < 1.29 is 0 Å². The molecule has 0 aromatic carbocycles. The van der Waals surface area contributed by atoms with Gasteiger partial charge >= 0.3 is 0 Å². The SMILES string of the molecule is CCNC(=NCc1c(C)nn(C)c1C)NCC1(N2CCCCC2)CCN(C)CC1.I. The van der Waals surface area contributed by atoms with Crippen molar-refractivity contribution in [2.24, 2.45) is 12.0 Å². The quantitative estimate of drug-likeness (QED) is 0.336. The summed E-state index contributed by atoms with van der Waals surface area (Å²) in [6.07, 6.45) is 6.53. The van der Waals surface area contributed by atoms with Gasteiger partial charge in [0.25, 0.3) is 0 Å². The van der Waals surface area contributed by atoms with Crippen molar-refractivity contribution >= 4 is 29.9 Å². The number of halogens is 1. The molecular weight excluding hydrogens is 489 g/mol. The monoisotopic (exact) mass is 531 g/mol. The Labute approximate surface area is 200 Å². The van der Waals surface area contributed by atoms with E-state index in [9.17, 15) is 0 Å². The summed E-state index contributed by atoms with van der Waals surface area (Å²) in [4.78, 5) is 10.1. The van der Waals surface area contributed by atoms with Crippen molar-refractivity contribution in [2.75, 3.05) is 46.3 Å². The van der Waals surface area contributed by atoms with E-state index in [1.54, 1.807) is 0 Å². The lowest BCUT2D eigenvalue weighted by Crippen LogP contribution is -2.62. The minimum Gasteiger partial charge on any atom is -0.357 e. The van der Waals surface area contributed by atoms with Crippen molar-refractivity contribution in [1.29, 1.82) is 0 Å². The number of hydrogen-bond donors (Lipinski definition) is 2. The average Bonchev–Trinajstić information content (AvgIpc) is 2.97. The molecule has 0 atom stereocenters. The fraction of sp³-hybridized carbons (Fsp3) is 0.818. The summed E-state index contributed by atoms with van der Waals surface area (Å²) in [6.45, 7) is 13.7. The predicted molar refractivity (Wildman–Crippen MR) is 136 cm³/mol. The van der Waals surface area contributed by atoms with Gasteiger partial charge in [-0.05, 0) is 79.7 Å². The number of aryl methyl sites for hydroxylation is 2. The zero-order valence-electron chi connectivity index (χ0n) is 19.6. The molecule has 7 nitrogen and oxygen atoms in total. The molecule has 0 unspecified atom stereocenters. The molecule has 1 aromatic rings. The third-order valence-electron chi connectivity index (χ3n) is 6.93. The Kier molecular flexibility index (Phi) is 9.87. The highest BCUT2D eigenvalue weighted by atomic mass is 127. The maximum Gasteiger partial charge on any atom is 0.191 e. The predicted octanol–water partition coefficient (Wildman–Crippen LogP) is 2.66. The van der Waals surface area contributed by atoms with Gasteiger partial charge in [0.1, 0.15) is 0 Å². The molecule has 1 aromatic heterocycles. The van der Waals surface area contributed by atoms with Crippen molar-refractivity contribution in [1.82, 2.24) is 30.2 Å². The average molecular weight is 532 g/mol. The normalized spacial score (nSPS) is 20.6. The van der Waals surface area contributed by atoms with E-state index in [4.69, 9.17) is 4.99 Å². The third-order valence-corrected chi connectivity index (χ3v) is 6.93. The number of likely N-dealkylation sites (tertiary alicyclic amines) is 2. The van der Waals surface area contributed by atoms with E-state index in [0.717, 1.165) is 24.7 Å². The minimum atomic E-state index is 0. The zero-order chi connectivity index (χ0) is 20.9. The molecule has 0 aliphatic carbocycles. The van der Waals surface area contributed by atoms with E-state index in [2.05, 4.69) is 53.4 Å². The van der Waals surface area contributed by atoms with Gasteiger partial charge in [0, 0.05) is 36.9 Å². The number of hydrogen-bond acceptors (Lipinski definition) is 4. The van der Waals surface area contributed by atoms with E-state index in [1.165, 1.54) is 69.5 Å². The van der Waals surface area contributed by atoms with Gasteiger partial charge in [0.05, 0.1) is 12.2 Å². The number of nitrogens with one attached hydrogen (secondary N) is 2. The van der Waals surface area contributed by atoms with Gasteiger partial charge in [-0.25, -0.2) is 4.99 Å². The van der Waals surface area contributed by atoms with Crippen molar-refractivity contribution in [3.8, 4) is 0 Å². The number of rotatable bonds is 6. The molecule has 8 heteroatoms. The highest BCUT2D eigenvalue weighted by Gasteiger charge is 2.39. The van der Waals surface area contributed by atoms with Crippen LogP contribution < -0.4 is 10.6 Å². The van der Waals surface area contributed by atoms with E-state index in [-0.39, 0.29) is 29.5 Å². The largest absolute Gasteiger partial charge is 0.357 e. The Hall–Kier alpha value is -0.870. The summed E-state index contributed by atoms with van der Waals surface area (Å²) in [5.74, 6) is 0.922. The number of nitrogens with zero attached hydrogens (tertiary/aromatic N) is 5. The van der Waals surface area contributed by atoms with Crippen LogP contribution in [-0.4, -0.2) is 77.4 Å². The number of aliphatic imine (C=N–C) groups is 1. The summed E-state index contributed by atoms with van der Waals surface area (Å²) in [5, 5.41) is 11.7. The van der Waals surface area contributed by atoms with E-state index in [1.807, 2.05) is 11.7 Å². The Bertz CT molecular complexity index is 686. The molecule has 3 heterocycles. The van der Waals surface area contributed by atoms with Crippen LogP contribution in [0, 0.1) is 13.8 Å². The van der Waals surface area contributed by atoms with Crippen LogP contribution in [0.5, 0.6) is 0 Å². The van der Waals surface area contributed by atoms with Gasteiger partial charge in [0.2, 0.25) is 0 Å². The van der Waals surface area contributed by atoms with Crippen molar-refractivity contribution in [3.63, 3.8) is 0 Å². The van der Waals surface area contributed by atoms with Crippen LogP contribution in [0.4, 0.5) is 0 Å². The second kappa shape index (κ2) is 11.7. The molecule has 2 aliphatic rings. The molecule has 2 N–H and O–H groups in total. The van der Waals surface area contributed by atoms with Crippen molar-refractivity contribution in [3.05, 3.63) is 17.0 Å². The van der Waals surface area contributed by atoms with Crippen LogP contribution in [0.3, 0.4) is 0 Å². The van der Waals surface area contributed by atoms with Gasteiger partial charge in [-0.2, -0.15) is 5.10 Å². The van der Waals surface area contributed by atoms with Crippen molar-refractivity contribution in [2.45, 2.75) is 65.0 Å². The van der Waals surface area contributed by atoms with Gasteiger partial charge in [-0.3, -0.25) is 9.58 Å². The number of piperidine rings is 2. The lowest BCUT2D eigenvalue weighted by molar-refractivity contribution is 0.0173. The Morgan fingerprint density at radius 2 is 1.70 bits per heavy atom. The first kappa shape index (κ1) is 25.4. The van der Waals surface area contributed by atoms with E-state index >= 15 is 0 Å². The maximum atomic E-state index is 4.91. The Balaban J connectivity index is 0.00000320. The summed E-state index contributed by atoms with van der Waals surface area (Å²) in [6, 6.07) is 0. The Morgan fingerprint density at radius 3 is 2.27 bits per heavy atom. The summed E-state index contributed by atoms with van der Waals surface area (Å²) < 4.78 is 1.95. The minimum absolute atomic E-state index is 0. The van der Waals surface area contributed by atoms with Crippen LogP contribution >= 0.6 is 24.0 Å². The second-order valence-corrected chi connectivity index (χ2v) is 8.90. The lowest BCUT2D eigenvalue weighted by atomic mass is 9.84. The van der Waals surface area contributed by atoms with Crippen LogP contribution in [-0.2, 0) is 13.6 Å². The van der Waals surface area contributed by atoms with Crippen LogP contribution in [0.15, 0.2) is 4.99 Å². The highest BCUT2D eigenvalue weighted by Crippen LogP contribution is 2.30. The molecule has 2 fully saturated rings. The highest BCUT2D eigenvalue weighted by molar-refractivity contribution is 14.0. The molecular formula is C22H42IN7. The standard InChI is InChI=1S/C22H41N7.HI/c1-6-23-21(24-16-20-18(2)26-28(5)19(20)3)25-17-22(10-14-27(4)15-11-22)29-12-8-7-9-13-29;/h6-17H2,1-5H3,(H2,23,24,25);1H. The summed E-state index contributed by atoms with van der Waals surface area (Å²) in [7, 11) is 4.25. The van der Waals surface area contributed by atoms with Crippen LogP contribution in [0.1, 0.15) is 56.0 Å². The summed E-state index contributed by atoms with van der Waals surface area (Å²) >= 11 is 0. The van der Waals surface area contributed by atoms with Crippen LogP contribution in [0.25, 0.3) is 0 Å². The second-order valence-electron chi connectivity index (χ2n) is 8.90. The molecule has 0 amide bonds. The molecule has 172 valence electrons. The smallest absolute Gasteiger partial charge is 0.191 e. The Morgan fingerprint density at radius 1 is 1.03 bits per heavy atom. The molecule has 0 bridgehead atoms. The van der Waals surface area contributed by atoms with Gasteiger partial charge < -0.3 is 15.5 Å². The van der Waals surface area contributed by atoms with E-state index < -0.39 is 0 Å².